The van der Waals surface area contributed by atoms with Gasteiger partial charge in [-0.1, -0.05) is 13.0 Å². The molecule has 8 nitrogen and oxygen atoms in total. The fraction of sp³-hybridized carbons (Fsp3) is 0.480. The highest BCUT2D eigenvalue weighted by Gasteiger charge is 2.65. The lowest BCUT2D eigenvalue weighted by Crippen LogP contribution is -2.47. The molecule has 206 valence electrons. The monoisotopic (exact) mass is 542 g/mol. The third-order valence-electron chi connectivity index (χ3n) is 7.17. The van der Waals surface area contributed by atoms with Crippen LogP contribution in [0.25, 0.3) is 0 Å². The van der Waals surface area contributed by atoms with Crippen LogP contribution in [0.2, 0.25) is 0 Å². The zero-order chi connectivity index (χ0) is 27.8. The largest absolute Gasteiger partial charge is 0.493 e. The number of ether oxygens (including phenoxy) is 2. The number of anilines is 2. The van der Waals surface area contributed by atoms with Crippen LogP contribution in [0.3, 0.4) is 0 Å². The van der Waals surface area contributed by atoms with E-state index in [0.29, 0.717) is 19.5 Å². The molecule has 0 spiro atoms. The van der Waals surface area contributed by atoms with Crippen molar-refractivity contribution < 1.29 is 41.0 Å². The Hall–Kier alpha value is -3.32. The van der Waals surface area contributed by atoms with E-state index in [0.717, 1.165) is 26.2 Å². The van der Waals surface area contributed by atoms with E-state index in [1.54, 1.807) is 0 Å². The molecule has 2 aliphatic heterocycles. The summed E-state index contributed by atoms with van der Waals surface area (Å²) in [6.45, 7) is 3.19. The van der Waals surface area contributed by atoms with Crippen LogP contribution in [0.5, 0.6) is 5.75 Å². The molecule has 0 aliphatic carbocycles. The van der Waals surface area contributed by atoms with Gasteiger partial charge < -0.3 is 20.1 Å². The van der Waals surface area contributed by atoms with Gasteiger partial charge in [0.15, 0.2) is 17.2 Å². The standard InChI is InChI=1S/C25H27F5N4O4/c1-13-19(15-5-6-16(26)20(27)21(15)37-3)22(38-24(13,2)25(28,29)30)23(36)33-14-7-9-32-17(11-14)34-10-4-8-31-12-18(34)35/h5-7,9,11,13,19,22,31H,4,8,10,12H2,1-3H3,(H,32,33,36)/t13-,19-,22+,24+/m0/s1. The minimum absolute atomic E-state index is 0.111. The summed E-state index contributed by atoms with van der Waals surface area (Å²) in [6.07, 6.45) is -4.59. The first-order chi connectivity index (χ1) is 17.9. The normalized spacial score (nSPS) is 26.3. The van der Waals surface area contributed by atoms with Crippen molar-refractivity contribution in [3.63, 3.8) is 0 Å². The molecule has 2 fully saturated rings. The minimum atomic E-state index is -4.88. The number of methoxy groups -OCH3 is 1. The van der Waals surface area contributed by atoms with Crippen LogP contribution in [0.15, 0.2) is 30.5 Å². The summed E-state index contributed by atoms with van der Waals surface area (Å²) in [5.74, 6) is -6.86. The first-order valence-electron chi connectivity index (χ1n) is 11.9. The first kappa shape index (κ1) is 27.7. The Kier molecular flexibility index (Phi) is 7.62. The highest BCUT2D eigenvalue weighted by molar-refractivity contribution is 5.97. The van der Waals surface area contributed by atoms with E-state index >= 15 is 0 Å². The van der Waals surface area contributed by atoms with Crippen LogP contribution >= 0.6 is 0 Å². The van der Waals surface area contributed by atoms with Gasteiger partial charge in [-0.25, -0.2) is 9.37 Å². The maximum absolute atomic E-state index is 14.5. The molecule has 38 heavy (non-hydrogen) atoms. The number of carbonyl (C=O) groups excluding carboxylic acids is 2. The van der Waals surface area contributed by atoms with Gasteiger partial charge in [0.1, 0.15) is 11.9 Å². The average molecular weight is 543 g/mol. The molecule has 2 aliphatic rings. The second kappa shape index (κ2) is 10.4. The first-order valence-corrected chi connectivity index (χ1v) is 11.9. The Morgan fingerprint density at radius 1 is 1.29 bits per heavy atom. The number of hydrogen-bond acceptors (Lipinski definition) is 6. The van der Waals surface area contributed by atoms with Crippen molar-refractivity contribution in [2.24, 2.45) is 5.92 Å². The molecule has 1 aromatic carbocycles. The molecule has 0 saturated carbocycles. The van der Waals surface area contributed by atoms with Crippen LogP contribution < -0.4 is 20.3 Å². The van der Waals surface area contributed by atoms with Gasteiger partial charge in [0, 0.05) is 41.9 Å². The average Bonchev–Trinajstić information content (AvgIpc) is 2.99. The van der Waals surface area contributed by atoms with Gasteiger partial charge in [0.2, 0.25) is 11.7 Å². The Balaban J connectivity index is 1.69. The topological polar surface area (TPSA) is 92.8 Å². The maximum atomic E-state index is 14.5. The lowest BCUT2D eigenvalue weighted by atomic mass is 9.77. The summed E-state index contributed by atoms with van der Waals surface area (Å²) in [5.41, 5.74) is -2.74. The van der Waals surface area contributed by atoms with Crippen LogP contribution in [0.4, 0.5) is 33.5 Å². The molecule has 0 radical (unpaired) electrons. The van der Waals surface area contributed by atoms with Gasteiger partial charge in [0.05, 0.1) is 13.7 Å². The van der Waals surface area contributed by atoms with Crippen LogP contribution in [0, 0.1) is 17.6 Å². The van der Waals surface area contributed by atoms with Crippen LogP contribution in [-0.4, -0.2) is 61.4 Å². The second-order valence-electron chi connectivity index (χ2n) is 9.41. The van der Waals surface area contributed by atoms with Gasteiger partial charge in [-0.15, -0.1) is 0 Å². The van der Waals surface area contributed by atoms with E-state index in [2.05, 4.69) is 15.6 Å². The number of pyridine rings is 1. The number of benzene rings is 1. The smallest absolute Gasteiger partial charge is 0.417 e. The maximum Gasteiger partial charge on any atom is 0.417 e. The van der Waals surface area contributed by atoms with Crippen LogP contribution in [-0.2, 0) is 14.3 Å². The molecule has 2 N–H and O–H groups in total. The zero-order valence-electron chi connectivity index (χ0n) is 20.9. The Morgan fingerprint density at radius 2 is 2.03 bits per heavy atom. The molecule has 4 rings (SSSR count). The van der Waals surface area contributed by atoms with Crippen molar-refractivity contribution in [1.82, 2.24) is 10.3 Å². The van der Waals surface area contributed by atoms with E-state index < -0.39 is 53.0 Å². The number of alkyl halides is 3. The fourth-order valence-corrected chi connectivity index (χ4v) is 4.92. The fourth-order valence-electron chi connectivity index (χ4n) is 4.92. The quantitative estimate of drug-likeness (QED) is 0.559. The number of hydrogen-bond donors (Lipinski definition) is 2. The van der Waals surface area contributed by atoms with Crippen molar-refractivity contribution in [1.29, 1.82) is 0 Å². The number of nitrogens with zero attached hydrogens (tertiary/aromatic N) is 2. The summed E-state index contributed by atoms with van der Waals surface area (Å²) in [6, 6.07) is 4.69. The van der Waals surface area contributed by atoms with Gasteiger partial charge in [-0.2, -0.15) is 17.6 Å². The summed E-state index contributed by atoms with van der Waals surface area (Å²) in [4.78, 5) is 31.4. The van der Waals surface area contributed by atoms with E-state index in [1.807, 2.05) is 0 Å². The summed E-state index contributed by atoms with van der Waals surface area (Å²) in [7, 11) is 1.05. The molecule has 2 amide bonds. The van der Waals surface area contributed by atoms with Crippen molar-refractivity contribution in [3.05, 3.63) is 47.7 Å². The van der Waals surface area contributed by atoms with Crippen LogP contribution in [0.1, 0.15) is 31.7 Å². The lowest BCUT2D eigenvalue weighted by molar-refractivity contribution is -0.272. The number of rotatable bonds is 5. The van der Waals surface area contributed by atoms with Gasteiger partial charge in [0.25, 0.3) is 5.91 Å². The number of carbonyl (C=O) groups is 2. The third-order valence-corrected chi connectivity index (χ3v) is 7.17. The number of aromatic nitrogens is 1. The predicted octanol–water partition coefficient (Wildman–Crippen LogP) is 3.77. The number of nitrogens with one attached hydrogen (secondary N) is 2. The van der Waals surface area contributed by atoms with E-state index in [9.17, 15) is 31.5 Å². The molecule has 1 aromatic heterocycles. The minimum Gasteiger partial charge on any atom is -0.493 e. The van der Waals surface area contributed by atoms with Gasteiger partial charge in [-0.3, -0.25) is 14.5 Å². The lowest BCUT2D eigenvalue weighted by Gasteiger charge is -2.32. The molecule has 2 aromatic rings. The second-order valence-corrected chi connectivity index (χ2v) is 9.41. The molecular weight excluding hydrogens is 515 g/mol. The van der Waals surface area contributed by atoms with Crippen molar-refractivity contribution in [2.45, 2.75) is 44.1 Å². The van der Waals surface area contributed by atoms with E-state index in [-0.39, 0.29) is 29.5 Å². The van der Waals surface area contributed by atoms with Crippen molar-refractivity contribution in [2.75, 3.05) is 37.0 Å². The van der Waals surface area contributed by atoms with E-state index in [1.165, 1.54) is 30.2 Å². The zero-order valence-corrected chi connectivity index (χ0v) is 20.9. The summed E-state index contributed by atoms with van der Waals surface area (Å²) in [5, 5.41) is 5.52. The molecule has 0 unspecified atom stereocenters. The van der Waals surface area contributed by atoms with Crippen molar-refractivity contribution in [3.8, 4) is 5.75 Å². The highest BCUT2D eigenvalue weighted by Crippen LogP contribution is 2.55. The highest BCUT2D eigenvalue weighted by atomic mass is 19.4. The third kappa shape index (κ3) is 4.92. The molecule has 2 saturated heterocycles. The van der Waals surface area contributed by atoms with Gasteiger partial charge in [-0.05, 0) is 32.0 Å². The summed E-state index contributed by atoms with van der Waals surface area (Å²) < 4.78 is 81.2. The van der Waals surface area contributed by atoms with Gasteiger partial charge >= 0.3 is 6.18 Å². The van der Waals surface area contributed by atoms with Crippen molar-refractivity contribution >= 4 is 23.3 Å². The number of amides is 2. The number of halogens is 5. The Bertz CT molecular complexity index is 1230. The molecule has 0 bridgehead atoms. The molecule has 4 atom stereocenters. The molecule has 13 heteroatoms. The predicted molar refractivity (Wildman–Crippen MR) is 127 cm³/mol. The Morgan fingerprint density at radius 3 is 2.71 bits per heavy atom. The Labute approximate surface area is 215 Å². The van der Waals surface area contributed by atoms with E-state index in [4.69, 9.17) is 9.47 Å². The summed E-state index contributed by atoms with van der Waals surface area (Å²) >= 11 is 0. The molecule has 3 heterocycles. The molecular formula is C25H27F5N4O4. The SMILES string of the molecule is COc1c([C@H]2[C@H](C(=O)Nc3ccnc(N4CCCNCC4=O)c3)O[C@@](C)(C(F)(F)F)[C@H]2C)ccc(F)c1F.